The fraction of sp³-hybridized carbons (Fsp3) is 0.571. The Morgan fingerprint density at radius 3 is 2.38 bits per heavy atom. The van der Waals surface area contributed by atoms with Crippen molar-refractivity contribution in [3.8, 4) is 0 Å². The molecule has 4 N–H and O–H groups in total. The molecule has 1 aliphatic rings. The first-order chi connectivity index (χ1) is 7.66. The SMILES string of the molecule is Cc1cc(C)c(C[C@@H]2C[NH2+]CC[NH2+]2)c(C)c1. The van der Waals surface area contributed by atoms with Crippen LogP contribution in [0, 0.1) is 20.8 Å². The maximum absolute atomic E-state index is 2.51. The van der Waals surface area contributed by atoms with Gasteiger partial charge >= 0.3 is 0 Å². The van der Waals surface area contributed by atoms with Crippen LogP contribution in [-0.4, -0.2) is 25.7 Å². The summed E-state index contributed by atoms with van der Waals surface area (Å²) in [5.41, 5.74) is 5.90. The lowest BCUT2D eigenvalue weighted by Crippen LogP contribution is -3.08. The van der Waals surface area contributed by atoms with Gasteiger partial charge in [0, 0.05) is 6.42 Å². The average molecular weight is 220 g/mol. The van der Waals surface area contributed by atoms with Crippen molar-refractivity contribution < 1.29 is 10.6 Å². The molecule has 0 saturated carbocycles. The van der Waals surface area contributed by atoms with Gasteiger partial charge in [-0.05, 0) is 37.5 Å². The van der Waals surface area contributed by atoms with Gasteiger partial charge in [-0.1, -0.05) is 17.7 Å². The van der Waals surface area contributed by atoms with Gasteiger partial charge in [0.15, 0.2) is 0 Å². The van der Waals surface area contributed by atoms with Crippen molar-refractivity contribution in [2.45, 2.75) is 33.2 Å². The Morgan fingerprint density at radius 1 is 1.12 bits per heavy atom. The molecule has 0 spiro atoms. The van der Waals surface area contributed by atoms with Gasteiger partial charge in [-0.15, -0.1) is 0 Å². The van der Waals surface area contributed by atoms with E-state index in [-0.39, 0.29) is 0 Å². The van der Waals surface area contributed by atoms with Gasteiger partial charge in [0.2, 0.25) is 0 Å². The zero-order chi connectivity index (χ0) is 11.5. The summed E-state index contributed by atoms with van der Waals surface area (Å²) >= 11 is 0. The first-order valence-corrected chi connectivity index (χ1v) is 6.38. The van der Waals surface area contributed by atoms with Crippen molar-refractivity contribution in [1.82, 2.24) is 0 Å². The second kappa shape index (κ2) is 4.98. The maximum Gasteiger partial charge on any atom is 0.140 e. The topological polar surface area (TPSA) is 33.2 Å². The number of benzene rings is 1. The van der Waals surface area contributed by atoms with Crippen LogP contribution < -0.4 is 10.6 Å². The van der Waals surface area contributed by atoms with Crippen LogP contribution >= 0.6 is 0 Å². The van der Waals surface area contributed by atoms with E-state index in [9.17, 15) is 0 Å². The highest BCUT2D eigenvalue weighted by Gasteiger charge is 2.20. The fourth-order valence-corrected chi connectivity index (χ4v) is 2.84. The minimum absolute atomic E-state index is 0.772. The van der Waals surface area contributed by atoms with Crippen LogP contribution in [0.4, 0.5) is 0 Å². The third kappa shape index (κ3) is 2.63. The molecule has 2 heteroatoms. The molecule has 88 valence electrons. The van der Waals surface area contributed by atoms with Crippen molar-refractivity contribution >= 4 is 0 Å². The van der Waals surface area contributed by atoms with Crippen LogP contribution in [0.3, 0.4) is 0 Å². The summed E-state index contributed by atoms with van der Waals surface area (Å²) in [6.45, 7) is 10.5. The molecule has 2 rings (SSSR count). The average Bonchev–Trinajstić information content (AvgIpc) is 2.25. The highest BCUT2D eigenvalue weighted by Crippen LogP contribution is 2.17. The van der Waals surface area contributed by atoms with Crippen molar-refractivity contribution in [2.75, 3.05) is 19.6 Å². The number of piperazine rings is 1. The summed E-state index contributed by atoms with van der Waals surface area (Å²) in [5, 5.41) is 4.96. The Balaban J connectivity index is 2.14. The Morgan fingerprint density at radius 2 is 1.81 bits per heavy atom. The lowest BCUT2D eigenvalue weighted by molar-refractivity contribution is -0.810. The molecule has 16 heavy (non-hydrogen) atoms. The molecule has 1 aromatic carbocycles. The molecule has 0 amide bonds. The van der Waals surface area contributed by atoms with E-state index in [1.165, 1.54) is 42.7 Å². The van der Waals surface area contributed by atoms with E-state index >= 15 is 0 Å². The van der Waals surface area contributed by atoms with Crippen molar-refractivity contribution in [3.63, 3.8) is 0 Å². The van der Waals surface area contributed by atoms with Gasteiger partial charge in [0.25, 0.3) is 0 Å². The zero-order valence-electron chi connectivity index (χ0n) is 10.7. The molecule has 1 saturated heterocycles. The standard InChI is InChI=1S/C14H22N2/c1-10-6-11(2)14(12(3)7-10)8-13-9-15-4-5-16-13/h6-7,13,15-16H,4-5,8-9H2,1-3H3/p+2/t13-/m1/s1. The van der Waals surface area contributed by atoms with Crippen molar-refractivity contribution in [2.24, 2.45) is 0 Å². The summed E-state index contributed by atoms with van der Waals surface area (Å²) in [6, 6.07) is 5.40. The summed E-state index contributed by atoms with van der Waals surface area (Å²) in [7, 11) is 0. The van der Waals surface area contributed by atoms with Crippen LogP contribution in [0.2, 0.25) is 0 Å². The summed E-state index contributed by atoms with van der Waals surface area (Å²) in [5.74, 6) is 0. The van der Waals surface area contributed by atoms with Crippen molar-refractivity contribution in [3.05, 3.63) is 34.4 Å². The third-order valence-electron chi connectivity index (χ3n) is 3.65. The molecule has 1 fully saturated rings. The minimum atomic E-state index is 0.772. The third-order valence-corrected chi connectivity index (χ3v) is 3.65. The lowest BCUT2D eigenvalue weighted by atomic mass is 9.94. The fourth-order valence-electron chi connectivity index (χ4n) is 2.84. The molecule has 1 aromatic rings. The Hall–Kier alpha value is -0.860. The number of quaternary nitrogens is 2. The quantitative estimate of drug-likeness (QED) is 0.684. The van der Waals surface area contributed by atoms with Crippen molar-refractivity contribution in [1.29, 1.82) is 0 Å². The molecular formula is C14H24N2+2. The number of hydrogen-bond donors (Lipinski definition) is 2. The van der Waals surface area contributed by atoms with Crippen LogP contribution in [-0.2, 0) is 6.42 Å². The van der Waals surface area contributed by atoms with E-state index in [1.54, 1.807) is 5.56 Å². The highest BCUT2D eigenvalue weighted by atomic mass is 15.0. The van der Waals surface area contributed by atoms with Crippen LogP contribution in [0.25, 0.3) is 0 Å². The van der Waals surface area contributed by atoms with Gasteiger partial charge in [-0.2, -0.15) is 0 Å². The van der Waals surface area contributed by atoms with Crippen LogP contribution in [0.5, 0.6) is 0 Å². The van der Waals surface area contributed by atoms with E-state index in [4.69, 9.17) is 0 Å². The van der Waals surface area contributed by atoms with Crippen LogP contribution in [0.1, 0.15) is 22.3 Å². The highest BCUT2D eigenvalue weighted by molar-refractivity contribution is 5.37. The van der Waals surface area contributed by atoms with Gasteiger partial charge in [0.05, 0.1) is 0 Å². The van der Waals surface area contributed by atoms with E-state index in [0.29, 0.717) is 0 Å². The van der Waals surface area contributed by atoms with Gasteiger partial charge in [0.1, 0.15) is 25.7 Å². The molecular weight excluding hydrogens is 196 g/mol. The lowest BCUT2D eigenvalue weighted by Gasteiger charge is -2.20. The molecule has 0 aromatic heterocycles. The molecule has 1 atom stereocenters. The number of nitrogens with two attached hydrogens (primary N) is 2. The predicted molar refractivity (Wildman–Crippen MR) is 66.6 cm³/mol. The first-order valence-electron chi connectivity index (χ1n) is 6.38. The number of aryl methyl sites for hydroxylation is 3. The maximum atomic E-state index is 2.51. The van der Waals surface area contributed by atoms with E-state index in [0.717, 1.165) is 6.04 Å². The molecule has 2 nitrogen and oxygen atoms in total. The van der Waals surface area contributed by atoms with Gasteiger partial charge in [-0.25, -0.2) is 0 Å². The summed E-state index contributed by atoms with van der Waals surface area (Å²) in [4.78, 5) is 0. The Kier molecular flexibility index (Phi) is 3.62. The predicted octanol–water partition coefficient (Wildman–Crippen LogP) is -0.337. The smallest absolute Gasteiger partial charge is 0.140 e. The number of rotatable bonds is 2. The normalized spacial score (nSPS) is 21.1. The van der Waals surface area contributed by atoms with Gasteiger partial charge in [-0.3, -0.25) is 0 Å². The second-order valence-corrected chi connectivity index (χ2v) is 5.18. The summed E-state index contributed by atoms with van der Waals surface area (Å²) < 4.78 is 0. The monoisotopic (exact) mass is 220 g/mol. The molecule has 0 bridgehead atoms. The van der Waals surface area contributed by atoms with E-state index in [1.807, 2.05) is 0 Å². The number of hydrogen-bond acceptors (Lipinski definition) is 0. The molecule has 0 aliphatic carbocycles. The molecule has 0 unspecified atom stereocenters. The zero-order valence-corrected chi connectivity index (χ0v) is 10.7. The van der Waals surface area contributed by atoms with Crippen LogP contribution in [0.15, 0.2) is 12.1 Å². The molecule has 1 heterocycles. The second-order valence-electron chi connectivity index (χ2n) is 5.18. The van der Waals surface area contributed by atoms with E-state index in [2.05, 4.69) is 43.5 Å². The largest absolute Gasteiger partial charge is 0.337 e. The molecule has 1 aliphatic heterocycles. The molecule has 0 radical (unpaired) electrons. The minimum Gasteiger partial charge on any atom is -0.337 e. The first kappa shape index (κ1) is 11.6. The van der Waals surface area contributed by atoms with Gasteiger partial charge < -0.3 is 10.6 Å². The van der Waals surface area contributed by atoms with E-state index < -0.39 is 0 Å². The Bertz CT molecular complexity index is 342. The Labute approximate surface area is 98.4 Å². The summed E-state index contributed by atoms with van der Waals surface area (Å²) in [6.07, 6.45) is 1.23.